The Balaban J connectivity index is 4.79. The number of carboxylic acid groups (broad SMARTS) is 1. The predicted molar refractivity (Wildman–Crippen MR) is 93.7 cm³/mol. The van der Waals surface area contributed by atoms with E-state index in [-0.39, 0.29) is 11.8 Å². The molecular weight excluding hydrogens is 310 g/mol. The minimum Gasteiger partial charge on any atom is -0.480 e. The van der Waals surface area contributed by atoms with Crippen LogP contribution in [0.2, 0.25) is 0 Å². The van der Waals surface area contributed by atoms with Crippen molar-refractivity contribution >= 4 is 17.9 Å². The van der Waals surface area contributed by atoms with Crippen LogP contribution >= 0.6 is 0 Å². The van der Waals surface area contributed by atoms with Gasteiger partial charge < -0.3 is 21.1 Å². The third-order valence-corrected chi connectivity index (χ3v) is 3.47. The largest absolute Gasteiger partial charge is 0.480 e. The van der Waals surface area contributed by atoms with E-state index in [2.05, 4.69) is 16.0 Å². The number of hydrogen-bond acceptors (Lipinski definition) is 3. The Labute approximate surface area is 145 Å². The van der Waals surface area contributed by atoms with Crippen molar-refractivity contribution in [1.29, 1.82) is 0 Å². The third-order valence-electron chi connectivity index (χ3n) is 3.47. The molecule has 0 aliphatic heterocycles. The molecule has 0 heterocycles. The number of carbonyl (C=O) groups is 3. The van der Waals surface area contributed by atoms with E-state index in [1.807, 2.05) is 34.6 Å². The molecular formula is C17H33N3O4. The van der Waals surface area contributed by atoms with Crippen molar-refractivity contribution in [3.63, 3.8) is 0 Å². The Bertz CT molecular complexity index is 411. The molecule has 0 aromatic rings. The molecule has 0 saturated heterocycles. The summed E-state index contributed by atoms with van der Waals surface area (Å²) in [7, 11) is 0. The topological polar surface area (TPSA) is 108 Å². The lowest BCUT2D eigenvalue weighted by Crippen LogP contribution is -2.54. The van der Waals surface area contributed by atoms with Gasteiger partial charge in [0.15, 0.2) is 0 Å². The van der Waals surface area contributed by atoms with Gasteiger partial charge in [-0.1, -0.05) is 41.0 Å². The summed E-state index contributed by atoms with van der Waals surface area (Å²) in [6.45, 7) is 10.2. The van der Waals surface area contributed by atoms with Crippen LogP contribution in [-0.2, 0) is 9.59 Å². The molecule has 2 atom stereocenters. The number of nitrogens with one attached hydrogen (secondary N) is 3. The van der Waals surface area contributed by atoms with E-state index in [1.165, 1.54) is 0 Å². The summed E-state index contributed by atoms with van der Waals surface area (Å²) in [6, 6.07) is -2.10. The summed E-state index contributed by atoms with van der Waals surface area (Å²) in [5.41, 5.74) is 0. The number of carbonyl (C=O) groups excluding carboxylic acids is 2. The van der Waals surface area contributed by atoms with Crippen LogP contribution in [0.4, 0.5) is 4.79 Å². The van der Waals surface area contributed by atoms with Crippen LogP contribution in [-0.4, -0.2) is 41.6 Å². The van der Waals surface area contributed by atoms with Crippen LogP contribution in [0.25, 0.3) is 0 Å². The van der Waals surface area contributed by atoms with Crippen molar-refractivity contribution in [3.8, 4) is 0 Å². The van der Waals surface area contributed by atoms with E-state index in [9.17, 15) is 19.5 Å². The van der Waals surface area contributed by atoms with Crippen molar-refractivity contribution in [3.05, 3.63) is 0 Å². The summed E-state index contributed by atoms with van der Waals surface area (Å²) < 4.78 is 0. The number of rotatable bonds is 11. The van der Waals surface area contributed by atoms with Gasteiger partial charge >= 0.3 is 12.0 Å². The van der Waals surface area contributed by atoms with Crippen molar-refractivity contribution in [1.82, 2.24) is 16.0 Å². The lowest BCUT2D eigenvalue weighted by molar-refractivity contribution is -0.142. The molecule has 4 N–H and O–H groups in total. The molecule has 7 heteroatoms. The highest BCUT2D eigenvalue weighted by Gasteiger charge is 2.27. The van der Waals surface area contributed by atoms with Gasteiger partial charge in [0.2, 0.25) is 5.91 Å². The SMILES string of the molecule is CCCCNC(=O)N[C@@H](CC(C)C)C(=O)N[C@H](CC(C)C)C(=O)O. The molecule has 0 unspecified atom stereocenters. The van der Waals surface area contributed by atoms with Crippen molar-refractivity contribution < 1.29 is 19.5 Å². The highest BCUT2D eigenvalue weighted by molar-refractivity contribution is 5.90. The number of hydrogen-bond donors (Lipinski definition) is 4. The number of aliphatic carboxylic acids is 1. The smallest absolute Gasteiger partial charge is 0.326 e. The Morgan fingerprint density at radius 1 is 0.917 bits per heavy atom. The molecule has 0 aromatic carbocycles. The maximum Gasteiger partial charge on any atom is 0.326 e. The van der Waals surface area contributed by atoms with Crippen molar-refractivity contribution in [2.75, 3.05) is 6.54 Å². The van der Waals surface area contributed by atoms with Gasteiger partial charge in [0.1, 0.15) is 12.1 Å². The van der Waals surface area contributed by atoms with Crippen LogP contribution in [0, 0.1) is 11.8 Å². The molecule has 7 nitrogen and oxygen atoms in total. The fourth-order valence-electron chi connectivity index (χ4n) is 2.26. The summed E-state index contributed by atoms with van der Waals surface area (Å²) in [4.78, 5) is 35.6. The number of amides is 3. The first-order valence-corrected chi connectivity index (χ1v) is 8.74. The van der Waals surface area contributed by atoms with Crippen LogP contribution < -0.4 is 16.0 Å². The molecule has 3 amide bonds. The zero-order chi connectivity index (χ0) is 18.7. The van der Waals surface area contributed by atoms with E-state index >= 15 is 0 Å². The normalized spacial score (nSPS) is 13.5. The molecule has 0 rings (SSSR count). The van der Waals surface area contributed by atoms with Crippen LogP contribution in [0.3, 0.4) is 0 Å². The second-order valence-electron chi connectivity index (χ2n) is 6.96. The number of urea groups is 1. The standard InChI is InChI=1S/C17H33N3O4/c1-6-7-8-18-17(24)20-13(9-11(2)3)15(21)19-14(16(22)23)10-12(4)5/h11-14H,6-10H2,1-5H3,(H,19,21)(H,22,23)(H2,18,20,24)/t13-,14+/m0/s1. The molecule has 0 fully saturated rings. The summed E-state index contributed by atoms with van der Waals surface area (Å²) >= 11 is 0. The maximum atomic E-state index is 12.4. The molecule has 0 radical (unpaired) electrons. The van der Waals surface area contributed by atoms with E-state index in [1.54, 1.807) is 0 Å². The summed E-state index contributed by atoms with van der Waals surface area (Å²) in [6.07, 6.45) is 2.62. The molecule has 24 heavy (non-hydrogen) atoms. The monoisotopic (exact) mass is 343 g/mol. The van der Waals surface area contributed by atoms with Gasteiger partial charge in [-0.3, -0.25) is 4.79 Å². The van der Waals surface area contributed by atoms with E-state index in [0.29, 0.717) is 19.4 Å². The van der Waals surface area contributed by atoms with Crippen LogP contribution in [0.1, 0.15) is 60.3 Å². The zero-order valence-electron chi connectivity index (χ0n) is 15.5. The fourth-order valence-corrected chi connectivity index (χ4v) is 2.26. The van der Waals surface area contributed by atoms with Gasteiger partial charge in [-0.25, -0.2) is 9.59 Å². The van der Waals surface area contributed by atoms with Crippen LogP contribution in [0.5, 0.6) is 0 Å². The van der Waals surface area contributed by atoms with Gasteiger partial charge in [0.05, 0.1) is 0 Å². The van der Waals surface area contributed by atoms with Crippen molar-refractivity contribution in [2.45, 2.75) is 72.4 Å². The molecule has 0 aliphatic carbocycles. The second-order valence-corrected chi connectivity index (χ2v) is 6.96. The maximum absolute atomic E-state index is 12.4. The van der Waals surface area contributed by atoms with Gasteiger partial charge in [0.25, 0.3) is 0 Å². The van der Waals surface area contributed by atoms with Gasteiger partial charge in [-0.2, -0.15) is 0 Å². The fraction of sp³-hybridized carbons (Fsp3) is 0.824. The number of carboxylic acids is 1. The van der Waals surface area contributed by atoms with Gasteiger partial charge in [-0.15, -0.1) is 0 Å². The average Bonchev–Trinajstić information content (AvgIpc) is 2.45. The Morgan fingerprint density at radius 3 is 1.92 bits per heavy atom. The predicted octanol–water partition coefficient (Wildman–Crippen LogP) is 2.12. The Hall–Kier alpha value is -1.79. The lowest BCUT2D eigenvalue weighted by atomic mass is 10.0. The van der Waals surface area contributed by atoms with E-state index in [0.717, 1.165) is 12.8 Å². The lowest BCUT2D eigenvalue weighted by Gasteiger charge is -2.23. The van der Waals surface area contributed by atoms with Crippen molar-refractivity contribution in [2.24, 2.45) is 11.8 Å². The molecule has 140 valence electrons. The van der Waals surface area contributed by atoms with Crippen LogP contribution in [0.15, 0.2) is 0 Å². The minimum absolute atomic E-state index is 0.139. The zero-order valence-corrected chi connectivity index (χ0v) is 15.5. The van der Waals surface area contributed by atoms with Gasteiger partial charge in [0, 0.05) is 6.54 Å². The average molecular weight is 343 g/mol. The van der Waals surface area contributed by atoms with E-state index < -0.39 is 30.0 Å². The second kappa shape index (κ2) is 11.7. The quantitative estimate of drug-likeness (QED) is 0.431. The third kappa shape index (κ3) is 10.1. The molecule has 0 saturated carbocycles. The first-order chi connectivity index (χ1) is 11.2. The molecule has 0 bridgehead atoms. The first kappa shape index (κ1) is 22.2. The molecule has 0 aliphatic rings. The number of unbranched alkanes of at least 4 members (excludes halogenated alkanes) is 1. The molecule has 0 spiro atoms. The van der Waals surface area contributed by atoms with E-state index in [4.69, 9.17) is 0 Å². The summed E-state index contributed by atoms with van der Waals surface area (Å²) in [5, 5.41) is 17.1. The summed E-state index contributed by atoms with van der Waals surface area (Å²) in [5.74, 6) is -1.19. The highest BCUT2D eigenvalue weighted by Crippen LogP contribution is 2.08. The Morgan fingerprint density at radius 2 is 1.46 bits per heavy atom. The first-order valence-electron chi connectivity index (χ1n) is 8.74. The highest BCUT2D eigenvalue weighted by atomic mass is 16.4. The molecule has 0 aromatic heterocycles. The minimum atomic E-state index is -1.06. The van der Waals surface area contributed by atoms with Gasteiger partial charge in [-0.05, 0) is 31.1 Å². The Kier molecular flexibility index (Phi) is 10.8.